The summed E-state index contributed by atoms with van der Waals surface area (Å²) in [5, 5.41) is 11.6. The Labute approximate surface area is 312 Å². The SMILES string of the molecule is Nc1c(-c2ccc(C3(c4ccccc4)c4ccccc4-c4ccccc43)cc2)cccc1-c1ccccc1-c1ccccc1-c1cccc([N+](=O)[O-])c1F. The Morgan fingerprint density at radius 1 is 0.426 bits per heavy atom. The first-order valence-corrected chi connectivity index (χ1v) is 17.8. The summed E-state index contributed by atoms with van der Waals surface area (Å²) in [6.45, 7) is 0. The van der Waals surface area contributed by atoms with E-state index in [4.69, 9.17) is 5.73 Å². The Kier molecular flexibility index (Phi) is 7.98. The van der Waals surface area contributed by atoms with Gasteiger partial charge in [-0.15, -0.1) is 0 Å². The number of nitro groups is 1. The number of rotatable bonds is 7. The van der Waals surface area contributed by atoms with E-state index in [0.717, 1.165) is 33.4 Å². The average molecular weight is 701 g/mol. The van der Waals surface area contributed by atoms with Crippen LogP contribution in [0.3, 0.4) is 0 Å². The quantitative estimate of drug-likeness (QED) is 0.102. The van der Waals surface area contributed by atoms with Crippen LogP contribution in [-0.4, -0.2) is 4.92 Å². The third kappa shape index (κ3) is 5.05. The number of fused-ring (bicyclic) bond motifs is 3. The summed E-state index contributed by atoms with van der Waals surface area (Å²) in [6, 6.07) is 62.5. The van der Waals surface area contributed by atoms with Crippen molar-refractivity contribution in [3.63, 3.8) is 0 Å². The van der Waals surface area contributed by atoms with Gasteiger partial charge in [0.05, 0.1) is 10.3 Å². The Hall–Kier alpha value is -7.11. The first-order chi connectivity index (χ1) is 26.5. The molecule has 8 aromatic rings. The molecule has 0 spiro atoms. The lowest BCUT2D eigenvalue weighted by Gasteiger charge is -2.34. The predicted molar refractivity (Wildman–Crippen MR) is 217 cm³/mol. The van der Waals surface area contributed by atoms with Crippen molar-refractivity contribution in [1.29, 1.82) is 0 Å². The molecule has 258 valence electrons. The lowest BCUT2D eigenvalue weighted by molar-refractivity contribution is -0.387. The summed E-state index contributed by atoms with van der Waals surface area (Å²) in [4.78, 5) is 10.9. The lowest BCUT2D eigenvalue weighted by Crippen LogP contribution is -2.28. The van der Waals surface area contributed by atoms with Crippen molar-refractivity contribution in [1.82, 2.24) is 0 Å². The summed E-state index contributed by atoms with van der Waals surface area (Å²) in [5.41, 5.74) is 19.9. The first kappa shape index (κ1) is 32.8. The van der Waals surface area contributed by atoms with E-state index in [-0.39, 0.29) is 5.56 Å². The Morgan fingerprint density at radius 3 is 1.41 bits per heavy atom. The van der Waals surface area contributed by atoms with Gasteiger partial charge in [-0.2, -0.15) is 4.39 Å². The number of nitro benzene ring substituents is 1. The first-order valence-electron chi connectivity index (χ1n) is 17.8. The van der Waals surface area contributed by atoms with Crippen molar-refractivity contribution >= 4 is 11.4 Å². The van der Waals surface area contributed by atoms with E-state index in [1.54, 1.807) is 12.1 Å². The highest BCUT2D eigenvalue weighted by molar-refractivity contribution is 5.98. The highest BCUT2D eigenvalue weighted by Gasteiger charge is 2.45. The molecule has 0 aliphatic heterocycles. The van der Waals surface area contributed by atoms with Gasteiger partial charge in [-0.1, -0.05) is 182 Å². The minimum Gasteiger partial charge on any atom is -0.398 e. The van der Waals surface area contributed by atoms with Crippen LogP contribution in [0, 0.1) is 15.9 Å². The number of halogens is 1. The molecule has 2 N–H and O–H groups in total. The van der Waals surface area contributed by atoms with Gasteiger partial charge in [-0.05, 0) is 61.2 Å². The molecule has 0 radical (unpaired) electrons. The summed E-state index contributed by atoms with van der Waals surface area (Å²) in [7, 11) is 0. The van der Waals surface area contributed by atoms with Crippen LogP contribution in [0.1, 0.15) is 22.3 Å². The molecule has 54 heavy (non-hydrogen) atoms. The van der Waals surface area contributed by atoms with Crippen LogP contribution in [0.15, 0.2) is 188 Å². The molecule has 0 heterocycles. The van der Waals surface area contributed by atoms with E-state index in [1.165, 1.54) is 45.5 Å². The highest BCUT2D eigenvalue weighted by Crippen LogP contribution is 2.56. The zero-order valence-electron chi connectivity index (χ0n) is 29.1. The smallest absolute Gasteiger partial charge is 0.305 e. The second kappa shape index (κ2) is 13.1. The second-order valence-corrected chi connectivity index (χ2v) is 13.5. The topological polar surface area (TPSA) is 69.2 Å². The normalized spacial score (nSPS) is 12.5. The van der Waals surface area contributed by atoms with Crippen molar-refractivity contribution in [3.8, 4) is 55.6 Å². The van der Waals surface area contributed by atoms with Gasteiger partial charge in [0, 0.05) is 28.4 Å². The van der Waals surface area contributed by atoms with Crippen LogP contribution >= 0.6 is 0 Å². The highest BCUT2D eigenvalue weighted by atomic mass is 19.1. The van der Waals surface area contributed by atoms with Gasteiger partial charge >= 0.3 is 5.69 Å². The summed E-state index contributed by atoms with van der Waals surface area (Å²) in [5.74, 6) is -0.865. The molecule has 9 rings (SSSR count). The molecule has 8 aromatic carbocycles. The maximum absolute atomic E-state index is 15.6. The Morgan fingerprint density at radius 2 is 0.833 bits per heavy atom. The Bertz CT molecular complexity index is 2680. The van der Waals surface area contributed by atoms with E-state index < -0.39 is 21.8 Å². The fourth-order valence-corrected chi connectivity index (χ4v) is 8.44. The van der Waals surface area contributed by atoms with E-state index in [9.17, 15) is 10.1 Å². The van der Waals surface area contributed by atoms with Gasteiger partial charge in [0.2, 0.25) is 5.82 Å². The standard InChI is InChI=1S/C49H33FN2O2/c50-47-42(23-13-27-46(47)52(53)54)38-18-6-4-16-36(38)37-17-5-7-19-39(37)43-24-12-22-35(48(43)51)32-28-30-34(31-29-32)49(33-14-2-1-3-15-33)44-25-10-8-20-40(44)41-21-9-11-26-45(41)49/h1-31H,51H2. The van der Waals surface area contributed by atoms with Gasteiger partial charge in [-0.25, -0.2) is 0 Å². The predicted octanol–water partition coefficient (Wildman–Crippen LogP) is 12.3. The van der Waals surface area contributed by atoms with Crippen molar-refractivity contribution in [3.05, 3.63) is 226 Å². The molecule has 0 aromatic heterocycles. The maximum Gasteiger partial charge on any atom is 0.305 e. The summed E-state index contributed by atoms with van der Waals surface area (Å²) < 4.78 is 15.6. The van der Waals surface area contributed by atoms with Gasteiger partial charge in [-0.3, -0.25) is 10.1 Å². The Balaban J connectivity index is 1.16. The largest absolute Gasteiger partial charge is 0.398 e. The van der Waals surface area contributed by atoms with Crippen molar-refractivity contribution in [2.45, 2.75) is 5.41 Å². The minimum atomic E-state index is -0.865. The second-order valence-electron chi connectivity index (χ2n) is 13.5. The van der Waals surface area contributed by atoms with Gasteiger partial charge in [0.15, 0.2) is 0 Å². The number of nitrogens with zero attached hydrogens (tertiary/aromatic N) is 1. The molecule has 0 atom stereocenters. The van der Waals surface area contributed by atoms with Crippen LogP contribution in [0.25, 0.3) is 55.6 Å². The van der Waals surface area contributed by atoms with Gasteiger partial charge in [0.1, 0.15) is 0 Å². The minimum absolute atomic E-state index is 0.164. The number of nitrogen functional groups attached to an aromatic ring is 1. The molecule has 4 nitrogen and oxygen atoms in total. The molecule has 0 bridgehead atoms. The third-order valence-electron chi connectivity index (χ3n) is 10.8. The van der Waals surface area contributed by atoms with E-state index in [1.807, 2.05) is 60.7 Å². The monoisotopic (exact) mass is 700 g/mol. The molecule has 0 saturated heterocycles. The molecule has 0 amide bonds. The molecule has 1 aliphatic rings. The average Bonchev–Trinajstić information content (AvgIpc) is 3.52. The van der Waals surface area contributed by atoms with Crippen molar-refractivity contribution in [2.75, 3.05) is 5.73 Å². The molecule has 0 saturated carbocycles. The number of hydrogen-bond donors (Lipinski definition) is 1. The zero-order valence-corrected chi connectivity index (χ0v) is 29.1. The summed E-state index contributed by atoms with van der Waals surface area (Å²) >= 11 is 0. The fraction of sp³-hybridized carbons (Fsp3) is 0.0204. The summed E-state index contributed by atoms with van der Waals surface area (Å²) in [6.07, 6.45) is 0. The van der Waals surface area contributed by atoms with Crippen LogP contribution < -0.4 is 5.73 Å². The van der Waals surface area contributed by atoms with E-state index in [0.29, 0.717) is 11.3 Å². The lowest BCUT2D eigenvalue weighted by atomic mass is 9.67. The third-order valence-corrected chi connectivity index (χ3v) is 10.8. The van der Waals surface area contributed by atoms with Gasteiger partial charge < -0.3 is 5.73 Å². The molecular weight excluding hydrogens is 668 g/mol. The number of benzene rings is 8. The number of nitrogens with two attached hydrogens (primary N) is 1. The molecule has 5 heteroatoms. The van der Waals surface area contributed by atoms with E-state index >= 15 is 4.39 Å². The zero-order chi connectivity index (χ0) is 36.8. The van der Waals surface area contributed by atoms with Crippen LogP contribution in [-0.2, 0) is 5.41 Å². The van der Waals surface area contributed by atoms with Crippen molar-refractivity contribution < 1.29 is 9.31 Å². The molecule has 0 unspecified atom stereocenters. The molecular formula is C49H33FN2O2. The maximum atomic E-state index is 15.6. The fourth-order valence-electron chi connectivity index (χ4n) is 8.44. The van der Waals surface area contributed by atoms with Crippen LogP contribution in [0.2, 0.25) is 0 Å². The molecule has 1 aliphatic carbocycles. The van der Waals surface area contributed by atoms with Gasteiger partial charge in [0.25, 0.3) is 0 Å². The number of para-hydroxylation sites is 1. The molecule has 0 fully saturated rings. The van der Waals surface area contributed by atoms with Crippen LogP contribution in [0.5, 0.6) is 0 Å². The van der Waals surface area contributed by atoms with Crippen molar-refractivity contribution in [2.24, 2.45) is 0 Å². The number of anilines is 1. The van der Waals surface area contributed by atoms with E-state index in [2.05, 4.69) is 103 Å². The van der Waals surface area contributed by atoms with Crippen LogP contribution in [0.4, 0.5) is 15.8 Å². The number of hydrogen-bond acceptors (Lipinski definition) is 3.